The lowest BCUT2D eigenvalue weighted by Crippen LogP contribution is -2.18. The number of rotatable bonds is 5. The van der Waals surface area contributed by atoms with Crippen molar-refractivity contribution < 1.29 is 4.79 Å². The number of amides is 1. The number of aromatic nitrogens is 3. The van der Waals surface area contributed by atoms with Crippen molar-refractivity contribution in [3.63, 3.8) is 0 Å². The van der Waals surface area contributed by atoms with Crippen molar-refractivity contribution in [2.24, 2.45) is 0 Å². The zero-order valence-corrected chi connectivity index (χ0v) is 17.1. The van der Waals surface area contributed by atoms with E-state index in [1.165, 1.54) is 0 Å². The average Bonchev–Trinajstić information content (AvgIpc) is 3.40. The molecule has 0 fully saturated rings. The van der Waals surface area contributed by atoms with E-state index in [9.17, 15) is 10.1 Å². The highest BCUT2D eigenvalue weighted by molar-refractivity contribution is 5.99. The van der Waals surface area contributed by atoms with Crippen LogP contribution < -0.4 is 5.32 Å². The Bertz CT molecular complexity index is 1470. The maximum Gasteiger partial charge on any atom is 0.244 e. The lowest BCUT2D eigenvalue weighted by molar-refractivity contribution is -0.116. The number of nitrogens with one attached hydrogen (secondary N) is 2. The number of imidazole rings is 1. The Kier molecular flexibility index (Phi) is 4.98. The first-order valence-corrected chi connectivity index (χ1v) is 10.2. The molecular weight excluding hydrogens is 398 g/mol. The maximum absolute atomic E-state index is 12.6. The van der Waals surface area contributed by atoms with Gasteiger partial charge in [-0.2, -0.15) is 5.26 Å². The minimum absolute atomic E-state index is 0.120. The van der Waals surface area contributed by atoms with E-state index in [-0.39, 0.29) is 12.5 Å². The SMILES string of the molecule is N#C/C(=C\c1cn(CC(=O)Nc2ccccc2)c2ccccc12)c1nc2ccccc2[nH]1. The van der Waals surface area contributed by atoms with Crippen LogP contribution in [0.25, 0.3) is 33.6 Å². The minimum atomic E-state index is -0.120. The second-order valence-corrected chi connectivity index (χ2v) is 7.42. The Hall–Kier alpha value is -4.63. The largest absolute Gasteiger partial charge is 0.337 e. The van der Waals surface area contributed by atoms with E-state index in [2.05, 4.69) is 21.4 Å². The monoisotopic (exact) mass is 417 g/mol. The molecule has 32 heavy (non-hydrogen) atoms. The number of para-hydroxylation sites is 4. The molecule has 1 amide bonds. The summed E-state index contributed by atoms with van der Waals surface area (Å²) in [6, 6.07) is 27.1. The summed E-state index contributed by atoms with van der Waals surface area (Å²) >= 11 is 0. The first kappa shape index (κ1) is 19.3. The van der Waals surface area contributed by atoms with Crippen LogP contribution in [0.15, 0.2) is 85.1 Å². The number of fused-ring (bicyclic) bond motifs is 2. The lowest BCUT2D eigenvalue weighted by atomic mass is 10.1. The van der Waals surface area contributed by atoms with Gasteiger partial charge in [0.25, 0.3) is 0 Å². The van der Waals surface area contributed by atoms with Crippen LogP contribution in [-0.4, -0.2) is 20.4 Å². The molecule has 5 rings (SSSR count). The Morgan fingerprint density at radius 2 is 1.78 bits per heavy atom. The number of allylic oxidation sites excluding steroid dienone is 1. The van der Waals surface area contributed by atoms with Gasteiger partial charge in [0, 0.05) is 28.4 Å². The number of carbonyl (C=O) groups is 1. The van der Waals surface area contributed by atoms with Crippen molar-refractivity contribution in [1.29, 1.82) is 5.26 Å². The first-order valence-electron chi connectivity index (χ1n) is 10.2. The fourth-order valence-corrected chi connectivity index (χ4v) is 3.79. The molecule has 0 aliphatic rings. The van der Waals surface area contributed by atoms with Gasteiger partial charge in [-0.15, -0.1) is 0 Å². The van der Waals surface area contributed by atoms with Gasteiger partial charge in [-0.05, 0) is 36.4 Å². The number of benzene rings is 3. The van der Waals surface area contributed by atoms with Gasteiger partial charge in [0.2, 0.25) is 5.91 Å². The smallest absolute Gasteiger partial charge is 0.244 e. The van der Waals surface area contributed by atoms with Crippen LogP contribution in [0.2, 0.25) is 0 Å². The van der Waals surface area contributed by atoms with Crippen molar-refractivity contribution in [2.75, 3.05) is 5.32 Å². The van der Waals surface area contributed by atoms with Gasteiger partial charge in [-0.25, -0.2) is 4.98 Å². The minimum Gasteiger partial charge on any atom is -0.337 e. The number of hydrogen-bond donors (Lipinski definition) is 2. The predicted molar refractivity (Wildman–Crippen MR) is 127 cm³/mol. The van der Waals surface area contributed by atoms with E-state index < -0.39 is 0 Å². The molecule has 2 N–H and O–H groups in total. The first-order chi connectivity index (χ1) is 15.7. The summed E-state index contributed by atoms with van der Waals surface area (Å²) in [6.07, 6.45) is 3.71. The van der Waals surface area contributed by atoms with E-state index in [0.29, 0.717) is 11.4 Å². The third-order valence-electron chi connectivity index (χ3n) is 5.26. The predicted octanol–water partition coefficient (Wildman–Crippen LogP) is 5.22. The highest BCUT2D eigenvalue weighted by atomic mass is 16.1. The molecule has 154 valence electrons. The summed E-state index contributed by atoms with van der Waals surface area (Å²) in [4.78, 5) is 20.4. The Balaban J connectivity index is 1.50. The summed E-state index contributed by atoms with van der Waals surface area (Å²) in [5.74, 6) is 0.401. The molecule has 0 bridgehead atoms. The summed E-state index contributed by atoms with van der Waals surface area (Å²) in [5, 5.41) is 13.7. The molecule has 0 saturated heterocycles. The summed E-state index contributed by atoms with van der Waals surface area (Å²) < 4.78 is 1.90. The van der Waals surface area contributed by atoms with Crippen LogP contribution in [0.4, 0.5) is 5.69 Å². The van der Waals surface area contributed by atoms with Crippen LogP contribution in [0.1, 0.15) is 11.4 Å². The van der Waals surface area contributed by atoms with Gasteiger partial charge in [-0.1, -0.05) is 48.5 Å². The number of nitrogens with zero attached hydrogens (tertiary/aromatic N) is 3. The molecule has 0 atom stereocenters. The molecule has 0 saturated carbocycles. The summed E-state index contributed by atoms with van der Waals surface area (Å²) in [5.41, 5.74) is 4.64. The quantitative estimate of drug-likeness (QED) is 0.384. The Labute approximate surface area is 184 Å². The average molecular weight is 417 g/mol. The lowest BCUT2D eigenvalue weighted by Gasteiger charge is -2.07. The van der Waals surface area contributed by atoms with Crippen molar-refractivity contribution >= 4 is 45.2 Å². The number of hydrogen-bond acceptors (Lipinski definition) is 3. The van der Waals surface area contributed by atoms with Crippen LogP contribution >= 0.6 is 0 Å². The Morgan fingerprint density at radius 1 is 1.03 bits per heavy atom. The topological polar surface area (TPSA) is 86.5 Å². The molecule has 0 radical (unpaired) electrons. The number of H-pyrrole nitrogens is 1. The zero-order chi connectivity index (χ0) is 21.9. The van der Waals surface area contributed by atoms with E-state index in [0.717, 1.165) is 33.2 Å². The van der Waals surface area contributed by atoms with Gasteiger partial charge >= 0.3 is 0 Å². The third-order valence-corrected chi connectivity index (χ3v) is 5.26. The fraction of sp³-hybridized carbons (Fsp3) is 0.0385. The van der Waals surface area contributed by atoms with Gasteiger partial charge < -0.3 is 14.9 Å². The molecule has 0 spiro atoms. The van der Waals surface area contributed by atoms with E-state index in [1.54, 1.807) is 0 Å². The van der Waals surface area contributed by atoms with Crippen LogP contribution in [-0.2, 0) is 11.3 Å². The number of nitriles is 1. The van der Waals surface area contributed by atoms with Crippen molar-refractivity contribution in [1.82, 2.24) is 14.5 Å². The zero-order valence-electron chi connectivity index (χ0n) is 17.1. The number of carbonyl (C=O) groups excluding carboxylic acids is 1. The standard InChI is InChI=1S/C26H19N5O/c27-15-18(26-29-22-11-5-6-12-23(22)30-26)14-19-16-31(24-13-7-4-10-21(19)24)17-25(32)28-20-8-2-1-3-9-20/h1-14,16H,17H2,(H,28,32)(H,29,30)/b18-14+. The van der Waals surface area contributed by atoms with E-state index in [1.807, 2.05) is 95.7 Å². The summed E-state index contributed by atoms with van der Waals surface area (Å²) in [6.45, 7) is 0.162. The highest BCUT2D eigenvalue weighted by Gasteiger charge is 2.13. The molecular formula is C26H19N5O. The highest BCUT2D eigenvalue weighted by Crippen LogP contribution is 2.26. The summed E-state index contributed by atoms with van der Waals surface area (Å²) in [7, 11) is 0. The van der Waals surface area contributed by atoms with Crippen molar-refractivity contribution in [2.45, 2.75) is 6.54 Å². The Morgan fingerprint density at radius 3 is 2.59 bits per heavy atom. The molecule has 2 heterocycles. The molecule has 6 nitrogen and oxygen atoms in total. The molecule has 0 unspecified atom stereocenters. The second-order valence-electron chi connectivity index (χ2n) is 7.42. The van der Waals surface area contributed by atoms with Crippen molar-refractivity contribution in [3.8, 4) is 6.07 Å². The van der Waals surface area contributed by atoms with E-state index >= 15 is 0 Å². The molecule has 0 aliphatic heterocycles. The van der Waals surface area contributed by atoms with Gasteiger partial charge in [0.05, 0.1) is 16.6 Å². The fourth-order valence-electron chi connectivity index (χ4n) is 3.79. The van der Waals surface area contributed by atoms with Crippen LogP contribution in [0, 0.1) is 11.3 Å². The van der Waals surface area contributed by atoms with Gasteiger partial charge in [-0.3, -0.25) is 4.79 Å². The molecule has 6 heteroatoms. The third kappa shape index (κ3) is 3.75. The second kappa shape index (κ2) is 8.25. The number of anilines is 1. The van der Waals surface area contributed by atoms with Crippen molar-refractivity contribution in [3.05, 3.63) is 96.4 Å². The normalized spacial score (nSPS) is 11.5. The molecule has 2 aromatic heterocycles. The number of aromatic amines is 1. The molecule has 0 aliphatic carbocycles. The molecule has 3 aromatic carbocycles. The van der Waals surface area contributed by atoms with Gasteiger partial charge in [0.1, 0.15) is 18.4 Å². The molecule has 5 aromatic rings. The van der Waals surface area contributed by atoms with Crippen LogP contribution in [0.5, 0.6) is 0 Å². The van der Waals surface area contributed by atoms with Gasteiger partial charge in [0.15, 0.2) is 0 Å². The maximum atomic E-state index is 12.6. The van der Waals surface area contributed by atoms with Crippen LogP contribution in [0.3, 0.4) is 0 Å². The van der Waals surface area contributed by atoms with E-state index in [4.69, 9.17) is 0 Å².